The van der Waals surface area contributed by atoms with E-state index in [1.54, 1.807) is 0 Å². The van der Waals surface area contributed by atoms with Crippen molar-refractivity contribution in [2.75, 3.05) is 23.7 Å². The standard InChI is InChI=1S/C28H23F3N8O3/c29-15-1-4-17(5-2-15)39-28(41)18(7-12-34-39)27(40)35-16-3-6-22(19(30)13-16)42-23-9-11-33-25-24(23)26(38-37-25)36-21-8-10-32-14-20(21)31/h1-7,9,11-13,20-21,32H,8,10,14H2,(H,35,40)(H2,33,36,37,38)/t20-,21-/m0/s1. The van der Waals surface area contributed by atoms with E-state index >= 15 is 4.39 Å². The van der Waals surface area contributed by atoms with Crippen LogP contribution in [0.1, 0.15) is 16.8 Å². The highest BCUT2D eigenvalue weighted by atomic mass is 19.1. The molecule has 4 heterocycles. The third-order valence-corrected chi connectivity index (χ3v) is 6.72. The molecule has 0 spiro atoms. The lowest BCUT2D eigenvalue weighted by molar-refractivity contribution is 0.102. The number of benzene rings is 2. The molecular formula is C28H23F3N8O3. The minimum Gasteiger partial charge on any atom is -0.453 e. The van der Waals surface area contributed by atoms with Crippen LogP contribution in [0.2, 0.25) is 0 Å². The molecule has 5 aromatic rings. The minimum absolute atomic E-state index is 0.0693. The SMILES string of the molecule is O=C(Nc1ccc(Oc2ccnc3[nH]nc(N[C@H]4CCNC[C@@H]4F)c23)c(F)c1)c1ccnn(-c2ccc(F)cc2)c1=O. The van der Waals surface area contributed by atoms with E-state index in [9.17, 15) is 18.4 Å². The molecule has 11 nitrogen and oxygen atoms in total. The number of ether oxygens (including phenoxy) is 1. The summed E-state index contributed by atoms with van der Waals surface area (Å²) < 4.78 is 49.6. The molecule has 0 bridgehead atoms. The monoisotopic (exact) mass is 576 g/mol. The normalized spacial score (nSPS) is 16.7. The molecule has 1 saturated heterocycles. The molecule has 1 fully saturated rings. The van der Waals surface area contributed by atoms with Gasteiger partial charge in [-0.2, -0.15) is 14.9 Å². The van der Waals surface area contributed by atoms with Gasteiger partial charge >= 0.3 is 0 Å². The van der Waals surface area contributed by atoms with E-state index in [-0.39, 0.29) is 35.0 Å². The van der Waals surface area contributed by atoms with Gasteiger partial charge in [-0.3, -0.25) is 14.7 Å². The van der Waals surface area contributed by atoms with Gasteiger partial charge in [0.05, 0.1) is 11.7 Å². The zero-order valence-corrected chi connectivity index (χ0v) is 21.8. The van der Waals surface area contributed by atoms with E-state index in [0.717, 1.165) is 22.9 Å². The van der Waals surface area contributed by atoms with Crippen LogP contribution in [0.15, 0.2) is 71.8 Å². The Hall–Kier alpha value is -5.24. The van der Waals surface area contributed by atoms with Crippen LogP contribution < -0.4 is 26.2 Å². The lowest BCUT2D eigenvalue weighted by Crippen LogP contribution is -2.45. The lowest BCUT2D eigenvalue weighted by Gasteiger charge is -2.27. The third kappa shape index (κ3) is 5.39. The molecule has 2 atom stereocenters. The number of fused-ring (bicyclic) bond motifs is 1. The number of aromatic nitrogens is 5. The van der Waals surface area contributed by atoms with Crippen molar-refractivity contribution in [2.24, 2.45) is 0 Å². The molecule has 2 aromatic carbocycles. The zero-order valence-electron chi connectivity index (χ0n) is 21.8. The summed E-state index contributed by atoms with van der Waals surface area (Å²) >= 11 is 0. The number of amides is 1. The number of hydrogen-bond acceptors (Lipinski definition) is 8. The third-order valence-electron chi connectivity index (χ3n) is 6.72. The number of carbonyl (C=O) groups is 1. The Balaban J connectivity index is 1.21. The Morgan fingerprint density at radius 1 is 1.05 bits per heavy atom. The van der Waals surface area contributed by atoms with Crippen molar-refractivity contribution < 1.29 is 22.7 Å². The van der Waals surface area contributed by atoms with Gasteiger partial charge in [0.1, 0.15) is 28.7 Å². The molecule has 0 unspecified atom stereocenters. The summed E-state index contributed by atoms with van der Waals surface area (Å²) in [4.78, 5) is 30.0. The fourth-order valence-electron chi connectivity index (χ4n) is 4.60. The number of alkyl halides is 1. The molecule has 6 rings (SSSR count). The van der Waals surface area contributed by atoms with Crippen molar-refractivity contribution in [3.63, 3.8) is 0 Å². The summed E-state index contributed by atoms with van der Waals surface area (Å²) in [6.07, 6.45) is 2.14. The van der Waals surface area contributed by atoms with E-state index in [1.807, 2.05) is 0 Å². The van der Waals surface area contributed by atoms with Gasteiger partial charge in [0.2, 0.25) is 0 Å². The smallest absolute Gasteiger partial charge is 0.284 e. The maximum Gasteiger partial charge on any atom is 0.284 e. The van der Waals surface area contributed by atoms with Crippen molar-refractivity contribution in [2.45, 2.75) is 18.6 Å². The van der Waals surface area contributed by atoms with Gasteiger partial charge in [-0.05, 0) is 55.4 Å². The van der Waals surface area contributed by atoms with E-state index in [4.69, 9.17) is 4.74 Å². The Bertz CT molecular complexity index is 1830. The molecule has 3 aromatic heterocycles. The molecule has 1 aliphatic heterocycles. The van der Waals surface area contributed by atoms with Gasteiger partial charge in [-0.1, -0.05) is 0 Å². The highest BCUT2D eigenvalue weighted by Crippen LogP contribution is 2.35. The first-order valence-corrected chi connectivity index (χ1v) is 12.9. The second-order valence-electron chi connectivity index (χ2n) is 9.50. The quantitative estimate of drug-likeness (QED) is 0.229. The Labute approximate surface area is 235 Å². The Kier molecular flexibility index (Phi) is 7.27. The number of H-pyrrole nitrogens is 1. The van der Waals surface area contributed by atoms with E-state index in [1.165, 1.54) is 48.8 Å². The molecular weight excluding hydrogens is 553 g/mol. The number of nitrogens with one attached hydrogen (secondary N) is 4. The molecule has 4 N–H and O–H groups in total. The fourth-order valence-corrected chi connectivity index (χ4v) is 4.60. The first-order valence-electron chi connectivity index (χ1n) is 12.9. The number of halogens is 3. The van der Waals surface area contributed by atoms with Gasteiger partial charge in [0, 0.05) is 36.8 Å². The van der Waals surface area contributed by atoms with E-state index in [2.05, 4.69) is 36.2 Å². The zero-order chi connectivity index (χ0) is 29.2. The van der Waals surface area contributed by atoms with Crippen LogP contribution >= 0.6 is 0 Å². The van der Waals surface area contributed by atoms with Crippen LogP contribution in [0.25, 0.3) is 16.7 Å². The maximum atomic E-state index is 15.1. The first-order chi connectivity index (χ1) is 20.4. The van der Waals surface area contributed by atoms with Crippen molar-refractivity contribution in [1.29, 1.82) is 0 Å². The summed E-state index contributed by atoms with van der Waals surface area (Å²) in [6, 6.07) is 11.1. The molecule has 214 valence electrons. The van der Waals surface area contributed by atoms with Gasteiger partial charge in [0.15, 0.2) is 23.0 Å². The van der Waals surface area contributed by atoms with Crippen molar-refractivity contribution in [3.8, 4) is 17.2 Å². The second kappa shape index (κ2) is 11.3. The number of anilines is 2. The van der Waals surface area contributed by atoms with Crippen molar-refractivity contribution >= 4 is 28.4 Å². The summed E-state index contributed by atoms with van der Waals surface area (Å²) in [7, 11) is 0. The lowest BCUT2D eigenvalue weighted by atomic mass is 10.0. The van der Waals surface area contributed by atoms with Crippen LogP contribution in [0.5, 0.6) is 11.5 Å². The second-order valence-corrected chi connectivity index (χ2v) is 9.50. The van der Waals surface area contributed by atoms with E-state index < -0.39 is 35.3 Å². The predicted molar refractivity (Wildman–Crippen MR) is 148 cm³/mol. The van der Waals surface area contributed by atoms with Crippen LogP contribution in [0.4, 0.5) is 24.7 Å². The molecule has 14 heteroatoms. The van der Waals surface area contributed by atoms with E-state index in [0.29, 0.717) is 29.8 Å². The number of nitrogens with zero attached hydrogens (tertiary/aromatic N) is 4. The highest BCUT2D eigenvalue weighted by Gasteiger charge is 2.26. The van der Waals surface area contributed by atoms with Crippen molar-refractivity contribution in [1.82, 2.24) is 30.3 Å². The molecule has 1 aliphatic rings. The number of pyridine rings is 1. The number of rotatable bonds is 7. The Morgan fingerprint density at radius 3 is 2.67 bits per heavy atom. The fraction of sp³-hybridized carbons (Fsp3) is 0.179. The summed E-state index contributed by atoms with van der Waals surface area (Å²) in [5.41, 5.74) is -0.285. The molecule has 42 heavy (non-hydrogen) atoms. The van der Waals surface area contributed by atoms with Gasteiger partial charge in [-0.15, -0.1) is 0 Å². The maximum absolute atomic E-state index is 15.1. The molecule has 0 radical (unpaired) electrons. The van der Waals surface area contributed by atoms with Crippen molar-refractivity contribution in [3.05, 3.63) is 94.5 Å². The molecule has 0 aliphatic carbocycles. The van der Waals surface area contributed by atoms with Gasteiger partial charge in [-0.25, -0.2) is 18.2 Å². The van der Waals surface area contributed by atoms with Crippen LogP contribution in [-0.2, 0) is 0 Å². The number of carbonyl (C=O) groups excluding carboxylic acids is 1. The Morgan fingerprint density at radius 2 is 1.88 bits per heavy atom. The highest BCUT2D eigenvalue weighted by molar-refractivity contribution is 6.04. The van der Waals surface area contributed by atoms with Crippen LogP contribution in [0.3, 0.4) is 0 Å². The largest absolute Gasteiger partial charge is 0.453 e. The number of piperidine rings is 1. The van der Waals surface area contributed by atoms with Crippen LogP contribution in [-0.4, -0.2) is 56.2 Å². The van der Waals surface area contributed by atoms with Crippen LogP contribution in [0, 0.1) is 11.6 Å². The average molecular weight is 577 g/mol. The topological polar surface area (TPSA) is 139 Å². The molecule has 1 amide bonds. The summed E-state index contributed by atoms with van der Waals surface area (Å²) in [5, 5.41) is 19.9. The number of hydrogen-bond donors (Lipinski definition) is 4. The molecule has 0 saturated carbocycles. The minimum atomic E-state index is -1.12. The average Bonchev–Trinajstić information content (AvgIpc) is 3.40. The van der Waals surface area contributed by atoms with Gasteiger partial charge in [0.25, 0.3) is 11.5 Å². The summed E-state index contributed by atoms with van der Waals surface area (Å²) in [6.45, 7) is 0.878. The first kappa shape index (κ1) is 27.0. The summed E-state index contributed by atoms with van der Waals surface area (Å²) in [5.74, 6) is -1.67. The number of aromatic amines is 1. The van der Waals surface area contributed by atoms with Gasteiger partial charge < -0.3 is 20.7 Å². The predicted octanol–water partition coefficient (Wildman–Crippen LogP) is 3.94.